The molecule has 0 spiro atoms. The molecule has 670 valence electrons. The molecule has 8 aromatic rings. The number of aromatic hydroxyl groups is 2. The van der Waals surface area contributed by atoms with Crippen LogP contribution < -0.4 is 28.4 Å². The van der Waals surface area contributed by atoms with Crippen LogP contribution in [0.1, 0.15) is 265 Å². The monoisotopic (exact) mass is 1750 g/mol. The van der Waals surface area contributed by atoms with Crippen molar-refractivity contribution in [2.75, 3.05) is 14.2 Å². The fourth-order valence-electron chi connectivity index (χ4n) is 12.0. The van der Waals surface area contributed by atoms with E-state index in [0.29, 0.717) is 71.7 Å². The van der Waals surface area contributed by atoms with Crippen molar-refractivity contribution in [2.24, 2.45) is 16.0 Å². The van der Waals surface area contributed by atoms with Crippen LogP contribution in [0.25, 0.3) is 0 Å². The lowest BCUT2D eigenvalue weighted by atomic mass is 9.91. The molecule has 2 aliphatic rings. The summed E-state index contributed by atoms with van der Waals surface area (Å²) in [7, 11) is -11.3. The molecule has 2 fully saturated rings. The molecule has 2 saturated carbocycles. The van der Waals surface area contributed by atoms with Crippen LogP contribution in [0, 0.1) is 10.8 Å². The molecule has 10 rings (SSSR count). The van der Waals surface area contributed by atoms with Crippen molar-refractivity contribution in [1.29, 1.82) is 0 Å². The van der Waals surface area contributed by atoms with E-state index in [1.54, 1.807) is 52.0 Å². The number of phenolic OH excluding ortho intramolecular Hbond substituents is 2. The summed E-state index contributed by atoms with van der Waals surface area (Å²) in [5.74, 6) is 4.85. The maximum Gasteiger partial charge on any atom is 0.437 e. The van der Waals surface area contributed by atoms with Crippen molar-refractivity contribution in [2.45, 2.75) is 283 Å². The van der Waals surface area contributed by atoms with E-state index in [9.17, 15) is 48.0 Å². The number of esters is 2. The van der Waals surface area contributed by atoms with E-state index in [4.69, 9.17) is 48.1 Å². The standard InChI is InChI=1S/C21H22F3NO6S.C19H22O7S2.2C18H28O2.2C10H14O/c1-5-20(2,3)19(26)30-16-10-12-17(13-11-16)32(27,28)31-25-18(21(22,23)24)14-6-8-15(29-4)9-7-14;1-5-19(2,3)18(20)26-15-8-12-17(13-9-15)28(23,24)27(21,22)16-10-6-14(25-4)7-11-16;2*1-4-14(2)16-10-12-18(13-11-16)20-15(3)19-17-8-6-5-7-9-17;2*1-3-8(2)9-4-6-10(11)7-5-9/h6-13H,5H2,1-4H3;6-13H,5H2,1-4H3;2*10-15,17H,4-9H2,1-3H3;2*4-8,11H,3H2,1-2H3/b25-18-;;;;;. The third-order valence-corrected chi connectivity index (χ3v) is 28.0. The van der Waals surface area contributed by atoms with Crippen LogP contribution in [-0.2, 0) is 51.2 Å². The molecule has 2 aliphatic carbocycles. The molecule has 0 heterocycles. The van der Waals surface area contributed by atoms with E-state index < -0.39 is 77.9 Å². The van der Waals surface area contributed by atoms with Gasteiger partial charge in [0.05, 0.1) is 47.0 Å². The number of phenols is 2. The van der Waals surface area contributed by atoms with E-state index in [-0.39, 0.29) is 29.0 Å². The summed E-state index contributed by atoms with van der Waals surface area (Å²) in [6.45, 7) is 32.2. The first-order chi connectivity index (χ1) is 57.6. The summed E-state index contributed by atoms with van der Waals surface area (Å²) in [6, 6.07) is 50.6. The Morgan fingerprint density at radius 3 is 0.943 bits per heavy atom. The number of hydrogen-bond donors (Lipinski definition) is 2. The van der Waals surface area contributed by atoms with Crippen molar-refractivity contribution >= 4 is 45.5 Å². The maximum atomic E-state index is 13.4. The third-order valence-electron chi connectivity index (χ3n) is 21.8. The van der Waals surface area contributed by atoms with Crippen molar-refractivity contribution in [3.8, 4) is 46.0 Å². The minimum Gasteiger partial charge on any atom is -0.508 e. The maximum absolute atomic E-state index is 13.4. The van der Waals surface area contributed by atoms with Gasteiger partial charge in [-0.25, -0.2) is 16.8 Å². The molecular weight excluding hydrogens is 1620 g/mol. The minimum absolute atomic E-state index is 0.0770. The van der Waals surface area contributed by atoms with Crippen LogP contribution in [0.4, 0.5) is 13.2 Å². The van der Waals surface area contributed by atoms with Crippen molar-refractivity contribution in [3.63, 3.8) is 0 Å². The Morgan fingerprint density at radius 2 is 0.664 bits per heavy atom. The number of halogens is 3. The first kappa shape index (κ1) is 103. The second-order valence-electron chi connectivity index (χ2n) is 31.7. The van der Waals surface area contributed by atoms with Crippen LogP contribution in [0.3, 0.4) is 0 Å². The third kappa shape index (κ3) is 33.3. The second kappa shape index (κ2) is 49.7. The Labute approximate surface area is 722 Å². The zero-order valence-corrected chi connectivity index (χ0v) is 76.5. The highest BCUT2D eigenvalue weighted by Gasteiger charge is 2.39. The summed E-state index contributed by atoms with van der Waals surface area (Å²) < 4.78 is 163. The molecular formula is C96H128F3NO19S3. The molecule has 8 aromatic carbocycles. The minimum atomic E-state index is -4.98. The molecule has 0 bridgehead atoms. The van der Waals surface area contributed by atoms with Gasteiger partial charge in [-0.3, -0.25) is 13.9 Å². The number of hydrogen-bond acceptors (Lipinski definition) is 20. The zero-order chi connectivity index (χ0) is 90.6. The second-order valence-corrected chi connectivity index (χ2v) is 38.6. The Hall–Kier alpha value is -9.47. The van der Waals surface area contributed by atoms with Gasteiger partial charge in [0.1, 0.15) is 50.9 Å². The Bertz CT molecular complexity index is 4660. The molecule has 0 aromatic heterocycles. The van der Waals surface area contributed by atoms with E-state index in [1.807, 2.05) is 52.0 Å². The van der Waals surface area contributed by atoms with Gasteiger partial charge in [-0.05, 0) is 297 Å². The van der Waals surface area contributed by atoms with Gasteiger partial charge in [-0.1, -0.05) is 161 Å². The lowest BCUT2D eigenvalue weighted by molar-refractivity contribution is -0.144. The number of carbonyl (C=O) groups excluding carboxylic acids is 2. The first-order valence-corrected chi connectivity index (χ1v) is 46.9. The summed E-state index contributed by atoms with van der Waals surface area (Å²) >= 11 is 0. The lowest BCUT2D eigenvalue weighted by Gasteiger charge is -2.26. The van der Waals surface area contributed by atoms with Crippen LogP contribution >= 0.6 is 0 Å². The summed E-state index contributed by atoms with van der Waals surface area (Å²) in [5.41, 5.74) is 1.97. The summed E-state index contributed by atoms with van der Waals surface area (Å²) in [5, 5.41) is 20.9. The normalized spacial score (nSPS) is 15.0. The topological polar surface area (TPSA) is 272 Å². The van der Waals surface area contributed by atoms with Crippen LogP contribution in [0.15, 0.2) is 214 Å². The van der Waals surface area contributed by atoms with Crippen molar-refractivity contribution in [1.82, 2.24) is 0 Å². The molecule has 26 heteroatoms. The van der Waals surface area contributed by atoms with Gasteiger partial charge in [0.25, 0.3) is 17.7 Å². The lowest BCUT2D eigenvalue weighted by Crippen LogP contribution is -2.28. The van der Waals surface area contributed by atoms with Gasteiger partial charge in [-0.15, -0.1) is 0 Å². The highest BCUT2D eigenvalue weighted by atomic mass is 33.2. The fourth-order valence-corrected chi connectivity index (χ4v) is 16.3. The average molecular weight is 1750 g/mol. The Morgan fingerprint density at radius 1 is 0.393 bits per heavy atom. The molecule has 0 amide bonds. The number of nitrogens with zero attached hydrogens (tertiary/aromatic N) is 1. The average Bonchev–Trinajstić information content (AvgIpc) is 0.761. The summed E-state index contributed by atoms with van der Waals surface area (Å²) in [6.07, 6.45) is 13.8. The van der Waals surface area contributed by atoms with E-state index in [2.05, 4.69) is 113 Å². The predicted molar refractivity (Wildman–Crippen MR) is 474 cm³/mol. The van der Waals surface area contributed by atoms with Gasteiger partial charge in [0.15, 0.2) is 18.3 Å². The summed E-state index contributed by atoms with van der Waals surface area (Å²) in [4.78, 5) is 22.9. The van der Waals surface area contributed by atoms with Gasteiger partial charge in [0.2, 0.25) is 0 Å². The van der Waals surface area contributed by atoms with Gasteiger partial charge >= 0.3 is 28.2 Å². The molecule has 20 nitrogen and oxygen atoms in total. The van der Waals surface area contributed by atoms with E-state index >= 15 is 0 Å². The van der Waals surface area contributed by atoms with E-state index in [1.165, 1.54) is 162 Å². The number of benzene rings is 8. The van der Waals surface area contributed by atoms with Gasteiger partial charge < -0.3 is 48.1 Å². The van der Waals surface area contributed by atoms with Crippen LogP contribution in [-0.4, -0.2) is 98.3 Å². The first-order valence-electron chi connectivity index (χ1n) is 42.0. The van der Waals surface area contributed by atoms with Crippen molar-refractivity contribution in [3.05, 3.63) is 222 Å². The Kier molecular flexibility index (Phi) is 42.0. The number of alkyl halides is 3. The largest absolute Gasteiger partial charge is 0.508 e. The fraction of sp³-hybridized carbons (Fsp3) is 0.469. The molecule has 122 heavy (non-hydrogen) atoms. The number of methoxy groups -OCH3 is 2. The van der Waals surface area contributed by atoms with Gasteiger partial charge in [-0.2, -0.15) is 21.6 Å². The molecule has 6 unspecified atom stereocenters. The molecule has 0 aliphatic heterocycles. The van der Waals surface area contributed by atoms with Gasteiger partial charge in [0, 0.05) is 5.56 Å². The van der Waals surface area contributed by atoms with Crippen LogP contribution in [0.5, 0.6) is 46.0 Å². The zero-order valence-electron chi connectivity index (χ0n) is 74.0. The predicted octanol–water partition coefficient (Wildman–Crippen LogP) is 24.3. The SMILES string of the molecule is CCC(C)(C)C(=O)Oc1ccc(S(=O)(=O)O/N=C(/c2ccc(OC)cc2)C(F)(F)F)cc1.CCC(C)(C)C(=O)Oc1ccc(S(=O)(=O)S(=O)(=O)c2ccc(OC)cc2)cc1.CCC(C)c1ccc(O)cc1.CCC(C)c1ccc(O)cc1.CCC(C)c1ccc(OC(C)OC2CCCCC2)cc1.CCC(C)c1ccc(OC(C)OC2CCCCC2)cc1. The molecule has 2 N–H and O–H groups in total. The molecule has 0 saturated heterocycles. The van der Waals surface area contributed by atoms with Crippen LogP contribution in [0.2, 0.25) is 0 Å². The van der Waals surface area contributed by atoms with Crippen molar-refractivity contribution < 1.29 is 100 Å². The number of ether oxygens (including phenoxy) is 8. The number of carbonyl (C=O) groups is 2. The highest BCUT2D eigenvalue weighted by Crippen LogP contribution is 2.34. The number of rotatable bonds is 31. The smallest absolute Gasteiger partial charge is 0.437 e. The molecule has 6 atom stereocenters. The molecule has 0 radical (unpaired) electrons. The quantitative estimate of drug-likeness (QED) is 0.0102. The number of oxime groups is 1. The Balaban J connectivity index is 0.000000270. The van der Waals surface area contributed by atoms with E-state index in [0.717, 1.165) is 72.9 Å². The highest BCUT2D eigenvalue weighted by molar-refractivity contribution is 8.67.